The van der Waals surface area contributed by atoms with Crippen LogP contribution >= 0.6 is 0 Å². The number of nitrogens with zero attached hydrogens (tertiary/aromatic N) is 1. The summed E-state index contributed by atoms with van der Waals surface area (Å²) in [4.78, 5) is 36.5. The molecule has 0 aliphatic rings. The van der Waals surface area contributed by atoms with Crippen molar-refractivity contribution in [3.63, 3.8) is 0 Å². The van der Waals surface area contributed by atoms with Crippen molar-refractivity contribution in [3.05, 3.63) is 94.5 Å². The number of carbonyl (C=O) groups is 3. The monoisotopic (exact) mass is 443 g/mol. The third kappa shape index (κ3) is 6.36. The van der Waals surface area contributed by atoms with Gasteiger partial charge in [0.15, 0.2) is 0 Å². The Bertz CT molecular complexity index is 1230. The zero-order valence-electron chi connectivity index (χ0n) is 18.9. The van der Waals surface area contributed by atoms with Crippen LogP contribution in [0.5, 0.6) is 5.75 Å². The van der Waals surface area contributed by atoms with Crippen molar-refractivity contribution in [2.24, 2.45) is 5.10 Å². The summed E-state index contributed by atoms with van der Waals surface area (Å²) in [6.45, 7) is 7.39. The average molecular weight is 444 g/mol. The summed E-state index contributed by atoms with van der Waals surface area (Å²) in [6.07, 6.45) is 0. The molecule has 0 aromatic heterocycles. The number of benzene rings is 3. The van der Waals surface area contributed by atoms with Crippen molar-refractivity contribution in [2.75, 3.05) is 5.32 Å². The predicted octanol–water partition coefficient (Wildman–Crippen LogP) is 4.31. The van der Waals surface area contributed by atoms with E-state index in [-0.39, 0.29) is 0 Å². The summed E-state index contributed by atoms with van der Waals surface area (Å²) in [5.41, 5.74) is 7.37. The highest BCUT2D eigenvalue weighted by Crippen LogP contribution is 2.17. The smallest absolute Gasteiger partial charge is 0.343 e. The maximum Gasteiger partial charge on any atom is 0.343 e. The minimum atomic E-state index is -0.877. The fourth-order valence-corrected chi connectivity index (χ4v) is 3.09. The normalized spacial score (nSPS) is 11.0. The van der Waals surface area contributed by atoms with E-state index < -0.39 is 17.8 Å². The average Bonchev–Trinajstić information content (AvgIpc) is 2.79. The van der Waals surface area contributed by atoms with Gasteiger partial charge in [0.2, 0.25) is 0 Å². The van der Waals surface area contributed by atoms with Gasteiger partial charge >= 0.3 is 17.8 Å². The van der Waals surface area contributed by atoms with E-state index in [0.29, 0.717) is 28.3 Å². The number of ether oxygens (including phenoxy) is 1. The van der Waals surface area contributed by atoms with Crippen LogP contribution in [0.2, 0.25) is 0 Å². The summed E-state index contributed by atoms with van der Waals surface area (Å²) in [7, 11) is 0. The number of nitrogens with one attached hydrogen (secondary N) is 2. The Labute approximate surface area is 192 Å². The number of anilines is 1. The van der Waals surface area contributed by atoms with Crippen molar-refractivity contribution in [2.45, 2.75) is 27.7 Å². The molecule has 33 heavy (non-hydrogen) atoms. The zero-order valence-corrected chi connectivity index (χ0v) is 18.9. The molecule has 2 N–H and O–H groups in total. The molecular formula is C26H25N3O4. The number of amides is 2. The second kappa shape index (κ2) is 10.4. The van der Waals surface area contributed by atoms with Gasteiger partial charge in [-0.3, -0.25) is 9.59 Å². The second-order valence-electron chi connectivity index (χ2n) is 7.69. The molecule has 168 valence electrons. The number of carbonyl (C=O) groups excluding carboxylic acids is 3. The van der Waals surface area contributed by atoms with Crippen LogP contribution in [-0.2, 0) is 9.59 Å². The van der Waals surface area contributed by atoms with E-state index in [1.807, 2.05) is 39.0 Å². The summed E-state index contributed by atoms with van der Waals surface area (Å²) >= 11 is 0. The van der Waals surface area contributed by atoms with Crippen molar-refractivity contribution in [1.82, 2.24) is 5.43 Å². The molecule has 0 unspecified atom stereocenters. The molecule has 0 bridgehead atoms. The van der Waals surface area contributed by atoms with Crippen LogP contribution in [0.1, 0.15) is 39.5 Å². The Morgan fingerprint density at radius 1 is 0.788 bits per heavy atom. The van der Waals surface area contributed by atoms with Crippen LogP contribution in [0.3, 0.4) is 0 Å². The van der Waals surface area contributed by atoms with Crippen LogP contribution in [0.15, 0.2) is 71.8 Å². The SMILES string of the molecule is C/C(=N\NC(=O)C(=O)Nc1ccc(C)cc1C)c1ccc(OC(=O)c2cccc(C)c2)cc1. The van der Waals surface area contributed by atoms with E-state index in [1.54, 1.807) is 55.5 Å². The molecule has 0 spiro atoms. The number of rotatable bonds is 5. The number of hydrogen-bond acceptors (Lipinski definition) is 5. The van der Waals surface area contributed by atoms with Crippen molar-refractivity contribution in [1.29, 1.82) is 0 Å². The van der Waals surface area contributed by atoms with Crippen LogP contribution < -0.4 is 15.5 Å². The summed E-state index contributed by atoms with van der Waals surface area (Å²) in [5.74, 6) is -1.75. The van der Waals surface area contributed by atoms with Gasteiger partial charge in [-0.05, 0) is 81.3 Å². The van der Waals surface area contributed by atoms with Crippen LogP contribution in [0, 0.1) is 20.8 Å². The van der Waals surface area contributed by atoms with E-state index in [4.69, 9.17) is 4.74 Å². The Morgan fingerprint density at radius 3 is 2.15 bits per heavy atom. The topological polar surface area (TPSA) is 96.9 Å². The Balaban J connectivity index is 1.58. The molecule has 0 saturated heterocycles. The molecule has 0 fully saturated rings. The Hall–Kier alpha value is -4.26. The lowest BCUT2D eigenvalue weighted by Crippen LogP contribution is -2.33. The highest BCUT2D eigenvalue weighted by molar-refractivity contribution is 6.39. The molecule has 0 radical (unpaired) electrons. The Kier molecular flexibility index (Phi) is 7.35. The van der Waals surface area contributed by atoms with Crippen LogP contribution in [0.25, 0.3) is 0 Å². The van der Waals surface area contributed by atoms with Gasteiger partial charge in [-0.2, -0.15) is 5.10 Å². The number of esters is 1. The van der Waals surface area contributed by atoms with Gasteiger partial charge in [-0.25, -0.2) is 10.2 Å². The lowest BCUT2D eigenvalue weighted by molar-refractivity contribution is -0.136. The molecule has 0 aliphatic heterocycles. The third-order valence-corrected chi connectivity index (χ3v) is 4.90. The molecule has 0 atom stereocenters. The van der Waals surface area contributed by atoms with Gasteiger partial charge in [-0.15, -0.1) is 0 Å². The van der Waals surface area contributed by atoms with E-state index >= 15 is 0 Å². The first-order chi connectivity index (χ1) is 15.7. The van der Waals surface area contributed by atoms with Crippen LogP contribution in [0.4, 0.5) is 5.69 Å². The van der Waals surface area contributed by atoms with Gasteiger partial charge in [0.25, 0.3) is 0 Å². The molecule has 7 nitrogen and oxygen atoms in total. The zero-order chi connectivity index (χ0) is 24.0. The molecule has 3 aromatic rings. The number of hydrazone groups is 1. The predicted molar refractivity (Wildman–Crippen MR) is 127 cm³/mol. The quantitative estimate of drug-likeness (QED) is 0.202. The lowest BCUT2D eigenvalue weighted by Gasteiger charge is -2.09. The summed E-state index contributed by atoms with van der Waals surface area (Å²) in [6, 6.07) is 19.4. The molecule has 0 heterocycles. The van der Waals surface area contributed by atoms with Crippen molar-refractivity contribution < 1.29 is 19.1 Å². The molecule has 0 saturated carbocycles. The van der Waals surface area contributed by atoms with E-state index in [0.717, 1.165) is 16.7 Å². The molecular weight excluding hydrogens is 418 g/mol. The molecule has 3 rings (SSSR count). The highest BCUT2D eigenvalue weighted by atomic mass is 16.5. The van der Waals surface area contributed by atoms with Crippen molar-refractivity contribution >= 4 is 29.2 Å². The molecule has 2 amide bonds. The fraction of sp³-hybridized carbons (Fsp3) is 0.154. The van der Waals surface area contributed by atoms with Gasteiger partial charge in [-0.1, -0.05) is 35.4 Å². The summed E-state index contributed by atoms with van der Waals surface area (Å²) in [5, 5.41) is 6.56. The number of aryl methyl sites for hydroxylation is 3. The fourth-order valence-electron chi connectivity index (χ4n) is 3.09. The maximum absolute atomic E-state index is 12.3. The van der Waals surface area contributed by atoms with Crippen LogP contribution in [-0.4, -0.2) is 23.5 Å². The third-order valence-electron chi connectivity index (χ3n) is 4.90. The highest BCUT2D eigenvalue weighted by Gasteiger charge is 2.14. The number of hydrogen-bond donors (Lipinski definition) is 2. The van der Waals surface area contributed by atoms with E-state index in [2.05, 4.69) is 15.8 Å². The van der Waals surface area contributed by atoms with Gasteiger partial charge in [0.1, 0.15) is 5.75 Å². The van der Waals surface area contributed by atoms with Gasteiger partial charge < -0.3 is 10.1 Å². The Morgan fingerprint density at radius 2 is 1.48 bits per heavy atom. The first kappa shape index (κ1) is 23.4. The largest absolute Gasteiger partial charge is 0.423 e. The van der Waals surface area contributed by atoms with E-state index in [9.17, 15) is 14.4 Å². The van der Waals surface area contributed by atoms with Crippen molar-refractivity contribution in [3.8, 4) is 5.75 Å². The molecule has 3 aromatic carbocycles. The first-order valence-corrected chi connectivity index (χ1v) is 10.3. The first-order valence-electron chi connectivity index (χ1n) is 10.3. The molecule has 0 aliphatic carbocycles. The van der Waals surface area contributed by atoms with E-state index in [1.165, 1.54) is 0 Å². The summed E-state index contributed by atoms with van der Waals surface area (Å²) < 4.78 is 5.39. The second-order valence-corrected chi connectivity index (χ2v) is 7.69. The lowest BCUT2D eigenvalue weighted by atomic mass is 10.1. The minimum absolute atomic E-state index is 0.384. The van der Waals surface area contributed by atoms with Gasteiger partial charge in [0, 0.05) is 5.69 Å². The standard InChI is InChI=1S/C26H25N3O4/c1-16-6-5-7-21(15-16)26(32)33-22-11-9-20(10-12-22)19(4)28-29-25(31)24(30)27-23-13-8-17(2)14-18(23)3/h5-15H,1-4H3,(H,27,30)(H,29,31)/b28-19+. The maximum atomic E-state index is 12.3. The van der Waals surface area contributed by atoms with Gasteiger partial charge in [0.05, 0.1) is 11.3 Å². The minimum Gasteiger partial charge on any atom is -0.423 e. The molecule has 7 heteroatoms.